The Bertz CT molecular complexity index is 692. The van der Waals surface area contributed by atoms with Crippen molar-refractivity contribution in [1.29, 1.82) is 0 Å². The Morgan fingerprint density at radius 3 is 2.32 bits per heavy atom. The standard InChI is InChI=1S/C19H23N3O3/c1-21(14-15-10-11-20-25-15)12-6-2-3-7-13-22-18(23)16-8-4-5-9-17(16)19(22)24/h4-5,8-11H,2-3,6-7,12-14H2,1H3. The highest BCUT2D eigenvalue weighted by molar-refractivity contribution is 6.21. The van der Waals surface area contributed by atoms with Crippen molar-refractivity contribution in [3.8, 4) is 0 Å². The average Bonchev–Trinajstić information content (AvgIpc) is 3.20. The normalized spacial score (nSPS) is 13.8. The lowest BCUT2D eigenvalue weighted by atomic mass is 10.1. The fourth-order valence-electron chi connectivity index (χ4n) is 3.12. The van der Waals surface area contributed by atoms with Crippen LogP contribution in [0, 0.1) is 0 Å². The molecule has 0 bridgehead atoms. The van der Waals surface area contributed by atoms with Gasteiger partial charge in [0.2, 0.25) is 0 Å². The van der Waals surface area contributed by atoms with Gasteiger partial charge in [0.1, 0.15) is 0 Å². The van der Waals surface area contributed by atoms with E-state index in [2.05, 4.69) is 17.1 Å². The van der Waals surface area contributed by atoms with Gasteiger partial charge in [-0.15, -0.1) is 0 Å². The maximum Gasteiger partial charge on any atom is 0.261 e. The molecule has 1 aliphatic rings. The van der Waals surface area contributed by atoms with Crippen LogP contribution in [-0.4, -0.2) is 46.9 Å². The van der Waals surface area contributed by atoms with Gasteiger partial charge in [0.15, 0.2) is 5.76 Å². The lowest BCUT2D eigenvalue weighted by Crippen LogP contribution is -2.30. The van der Waals surface area contributed by atoms with Crippen molar-refractivity contribution in [1.82, 2.24) is 15.0 Å². The minimum absolute atomic E-state index is 0.160. The van der Waals surface area contributed by atoms with Gasteiger partial charge >= 0.3 is 0 Å². The summed E-state index contributed by atoms with van der Waals surface area (Å²) in [6.45, 7) is 2.24. The molecule has 132 valence electrons. The van der Waals surface area contributed by atoms with Gasteiger partial charge in [-0.05, 0) is 38.6 Å². The van der Waals surface area contributed by atoms with E-state index >= 15 is 0 Å². The number of hydrogen-bond donors (Lipinski definition) is 0. The third kappa shape index (κ3) is 4.14. The van der Waals surface area contributed by atoms with Crippen molar-refractivity contribution in [2.45, 2.75) is 32.2 Å². The van der Waals surface area contributed by atoms with Crippen molar-refractivity contribution in [2.75, 3.05) is 20.1 Å². The number of nitrogens with zero attached hydrogens (tertiary/aromatic N) is 3. The largest absolute Gasteiger partial charge is 0.360 e. The van der Waals surface area contributed by atoms with E-state index in [-0.39, 0.29) is 11.8 Å². The molecule has 0 unspecified atom stereocenters. The molecule has 6 heteroatoms. The monoisotopic (exact) mass is 341 g/mol. The number of hydrogen-bond acceptors (Lipinski definition) is 5. The summed E-state index contributed by atoms with van der Waals surface area (Å²) in [5.41, 5.74) is 1.06. The summed E-state index contributed by atoms with van der Waals surface area (Å²) in [5, 5.41) is 3.70. The molecule has 1 aromatic heterocycles. The van der Waals surface area contributed by atoms with Gasteiger partial charge in [-0.25, -0.2) is 0 Å². The topological polar surface area (TPSA) is 66.7 Å². The highest BCUT2D eigenvalue weighted by Crippen LogP contribution is 2.22. The number of rotatable bonds is 9. The minimum atomic E-state index is -0.160. The van der Waals surface area contributed by atoms with Gasteiger partial charge in [0, 0.05) is 12.6 Å². The quantitative estimate of drug-likeness (QED) is 0.518. The minimum Gasteiger partial charge on any atom is -0.360 e. The molecule has 3 rings (SSSR count). The number of carbonyl (C=O) groups excluding carboxylic acids is 2. The first-order valence-corrected chi connectivity index (χ1v) is 8.70. The van der Waals surface area contributed by atoms with Crippen LogP contribution in [0.3, 0.4) is 0 Å². The fraction of sp³-hybridized carbons (Fsp3) is 0.421. The van der Waals surface area contributed by atoms with Crippen LogP contribution in [0.25, 0.3) is 0 Å². The Labute approximate surface area is 147 Å². The Morgan fingerprint density at radius 1 is 1.00 bits per heavy atom. The molecule has 2 aromatic rings. The van der Waals surface area contributed by atoms with E-state index in [9.17, 15) is 9.59 Å². The summed E-state index contributed by atoms with van der Waals surface area (Å²) < 4.78 is 5.09. The first-order valence-electron chi connectivity index (χ1n) is 8.70. The fourth-order valence-corrected chi connectivity index (χ4v) is 3.12. The second-order valence-corrected chi connectivity index (χ2v) is 6.44. The van der Waals surface area contributed by atoms with Gasteiger partial charge in [-0.3, -0.25) is 19.4 Å². The number of benzene rings is 1. The number of aromatic nitrogens is 1. The van der Waals surface area contributed by atoms with Crippen molar-refractivity contribution in [2.24, 2.45) is 0 Å². The van der Waals surface area contributed by atoms with Crippen LogP contribution in [0.1, 0.15) is 52.2 Å². The molecule has 0 saturated heterocycles. The van der Waals surface area contributed by atoms with Gasteiger partial charge in [0.25, 0.3) is 11.8 Å². The molecular formula is C19H23N3O3. The maximum atomic E-state index is 12.3. The van der Waals surface area contributed by atoms with Crippen molar-refractivity contribution >= 4 is 11.8 Å². The zero-order chi connectivity index (χ0) is 17.6. The Morgan fingerprint density at radius 2 is 1.68 bits per heavy atom. The lowest BCUT2D eigenvalue weighted by molar-refractivity contribution is 0.0651. The Balaban J connectivity index is 1.33. The van der Waals surface area contributed by atoms with Crippen molar-refractivity contribution in [3.05, 3.63) is 53.4 Å². The molecule has 6 nitrogen and oxygen atoms in total. The third-order valence-corrected chi connectivity index (χ3v) is 4.47. The first-order chi connectivity index (χ1) is 12.2. The number of imide groups is 1. The summed E-state index contributed by atoms with van der Waals surface area (Å²) in [6, 6.07) is 8.91. The predicted molar refractivity (Wildman–Crippen MR) is 93.1 cm³/mol. The Hall–Kier alpha value is -2.47. The molecule has 2 heterocycles. The van der Waals surface area contributed by atoms with E-state index in [1.165, 1.54) is 4.90 Å². The average molecular weight is 341 g/mol. The molecule has 1 aliphatic heterocycles. The van der Waals surface area contributed by atoms with Crippen LogP contribution in [0.5, 0.6) is 0 Å². The Kier molecular flexibility index (Phi) is 5.60. The summed E-state index contributed by atoms with van der Waals surface area (Å²) in [7, 11) is 2.06. The summed E-state index contributed by atoms with van der Waals surface area (Å²) in [4.78, 5) is 28.1. The maximum absolute atomic E-state index is 12.3. The number of unbranched alkanes of at least 4 members (excludes halogenated alkanes) is 3. The van der Waals surface area contributed by atoms with E-state index < -0.39 is 0 Å². The number of carbonyl (C=O) groups is 2. The first kappa shape index (κ1) is 17.4. The summed E-state index contributed by atoms with van der Waals surface area (Å²) in [5.74, 6) is 0.549. The third-order valence-electron chi connectivity index (χ3n) is 4.47. The zero-order valence-corrected chi connectivity index (χ0v) is 14.5. The molecule has 2 amide bonds. The molecule has 0 fully saturated rings. The lowest BCUT2D eigenvalue weighted by Gasteiger charge is -2.15. The highest BCUT2D eigenvalue weighted by atomic mass is 16.5. The van der Waals surface area contributed by atoms with E-state index in [0.29, 0.717) is 17.7 Å². The van der Waals surface area contributed by atoms with Crippen molar-refractivity contribution < 1.29 is 14.1 Å². The van der Waals surface area contributed by atoms with Crippen LogP contribution in [0.2, 0.25) is 0 Å². The van der Waals surface area contributed by atoms with Crippen LogP contribution >= 0.6 is 0 Å². The molecule has 0 spiro atoms. The predicted octanol–water partition coefficient (Wildman–Crippen LogP) is 2.96. The molecule has 0 atom stereocenters. The van der Waals surface area contributed by atoms with Crippen LogP contribution in [-0.2, 0) is 6.54 Å². The number of amides is 2. The molecule has 25 heavy (non-hydrogen) atoms. The number of fused-ring (bicyclic) bond motifs is 1. The highest BCUT2D eigenvalue weighted by Gasteiger charge is 2.34. The molecule has 0 aliphatic carbocycles. The summed E-state index contributed by atoms with van der Waals surface area (Å²) >= 11 is 0. The molecule has 0 saturated carbocycles. The van der Waals surface area contributed by atoms with Crippen molar-refractivity contribution in [3.63, 3.8) is 0 Å². The van der Waals surface area contributed by atoms with Gasteiger partial charge < -0.3 is 4.52 Å². The van der Waals surface area contributed by atoms with Gasteiger partial charge in [-0.1, -0.05) is 30.1 Å². The van der Waals surface area contributed by atoms with E-state index in [4.69, 9.17) is 4.52 Å². The second-order valence-electron chi connectivity index (χ2n) is 6.44. The van der Waals surface area contributed by atoms with Crippen LogP contribution < -0.4 is 0 Å². The smallest absolute Gasteiger partial charge is 0.261 e. The van der Waals surface area contributed by atoms with Gasteiger partial charge in [-0.2, -0.15) is 0 Å². The molecular weight excluding hydrogens is 318 g/mol. The van der Waals surface area contributed by atoms with Gasteiger partial charge in [0.05, 0.1) is 23.9 Å². The van der Waals surface area contributed by atoms with E-state index in [0.717, 1.165) is 44.5 Å². The second kappa shape index (κ2) is 8.07. The van der Waals surface area contributed by atoms with E-state index in [1.807, 2.05) is 6.07 Å². The zero-order valence-electron chi connectivity index (χ0n) is 14.5. The SMILES string of the molecule is CN(CCCCCCN1C(=O)c2ccccc2C1=O)Cc1ccno1. The molecule has 0 radical (unpaired) electrons. The van der Waals surface area contributed by atoms with Crippen LogP contribution in [0.15, 0.2) is 41.1 Å². The molecule has 0 N–H and O–H groups in total. The molecule has 1 aromatic carbocycles. The summed E-state index contributed by atoms with van der Waals surface area (Å²) in [6.07, 6.45) is 5.65. The van der Waals surface area contributed by atoms with E-state index in [1.54, 1.807) is 30.5 Å². The van der Waals surface area contributed by atoms with Crippen LogP contribution in [0.4, 0.5) is 0 Å².